The van der Waals surface area contributed by atoms with Crippen LogP contribution in [0.4, 0.5) is 5.82 Å². The van der Waals surface area contributed by atoms with Crippen LogP contribution in [-0.4, -0.2) is 45.7 Å². The molecule has 5 nitrogen and oxygen atoms in total. The number of piperazine rings is 1. The summed E-state index contributed by atoms with van der Waals surface area (Å²) in [4.78, 5) is 15.1. The molecule has 2 N–H and O–H groups in total. The summed E-state index contributed by atoms with van der Waals surface area (Å²) in [5.41, 5.74) is 0. The number of nitrogens with zero attached hydrogens (tertiary/aromatic N) is 2. The molecule has 1 fully saturated rings. The molecule has 2 rings (SSSR count). The molecular weight excluding hydrogens is 228 g/mol. The summed E-state index contributed by atoms with van der Waals surface area (Å²) >= 11 is 0. The lowest BCUT2D eigenvalue weighted by molar-refractivity contribution is -0.892. The molecule has 5 heteroatoms. The van der Waals surface area contributed by atoms with Crippen LogP contribution in [0.25, 0.3) is 0 Å². The van der Waals surface area contributed by atoms with E-state index in [-0.39, 0.29) is 5.91 Å². The summed E-state index contributed by atoms with van der Waals surface area (Å²) < 4.78 is 2.14. The van der Waals surface area contributed by atoms with Crippen LogP contribution in [0, 0.1) is 0 Å². The predicted molar refractivity (Wildman–Crippen MR) is 69.5 cm³/mol. The van der Waals surface area contributed by atoms with E-state index in [9.17, 15) is 4.79 Å². The Morgan fingerprint density at radius 1 is 1.44 bits per heavy atom. The first-order chi connectivity index (χ1) is 8.70. The highest BCUT2D eigenvalue weighted by molar-refractivity contribution is 5.76. The van der Waals surface area contributed by atoms with Crippen molar-refractivity contribution in [1.82, 2.24) is 5.32 Å². The highest BCUT2D eigenvalue weighted by Gasteiger charge is 2.27. The fraction of sp³-hybridized carbons (Fsp3) is 0.538. The number of likely N-dealkylation sites (N-methyl/N-ethyl adjacent to an activating group) is 1. The molecule has 1 aliphatic heterocycles. The molecule has 0 aromatic carbocycles. The third-order valence-corrected chi connectivity index (χ3v) is 3.51. The zero-order chi connectivity index (χ0) is 13.0. The monoisotopic (exact) mass is 250 g/mol. The van der Waals surface area contributed by atoms with E-state index in [1.54, 1.807) is 7.05 Å². The molecular formula is C13H22N4O+2. The van der Waals surface area contributed by atoms with Crippen LogP contribution < -0.4 is 19.7 Å². The molecule has 0 atom stereocenters. The number of anilines is 1. The second-order valence-corrected chi connectivity index (χ2v) is 4.76. The van der Waals surface area contributed by atoms with Gasteiger partial charge in [0.2, 0.25) is 0 Å². The van der Waals surface area contributed by atoms with Crippen molar-refractivity contribution in [3.05, 3.63) is 24.4 Å². The number of hydrogen-bond donors (Lipinski definition) is 2. The Kier molecular flexibility index (Phi) is 4.15. The lowest BCUT2D eigenvalue weighted by Crippen LogP contribution is -3.16. The lowest BCUT2D eigenvalue weighted by atomic mass is 10.3. The van der Waals surface area contributed by atoms with Crippen molar-refractivity contribution >= 4 is 11.7 Å². The second-order valence-electron chi connectivity index (χ2n) is 4.76. The van der Waals surface area contributed by atoms with Crippen LogP contribution in [0.15, 0.2) is 24.4 Å². The highest BCUT2D eigenvalue weighted by atomic mass is 16.1. The molecule has 0 aliphatic carbocycles. The Hall–Kier alpha value is -1.62. The number of aromatic nitrogens is 1. The number of amides is 1. The van der Waals surface area contributed by atoms with Crippen molar-refractivity contribution in [2.24, 2.45) is 7.05 Å². The quantitative estimate of drug-likeness (QED) is 0.607. The number of rotatable bonds is 3. The number of aryl methyl sites for hydroxylation is 1. The van der Waals surface area contributed by atoms with Gasteiger partial charge in [-0.2, -0.15) is 0 Å². The fourth-order valence-electron chi connectivity index (χ4n) is 2.39. The van der Waals surface area contributed by atoms with E-state index in [0.29, 0.717) is 6.54 Å². The maximum absolute atomic E-state index is 11.3. The first kappa shape index (κ1) is 12.8. The number of carbonyl (C=O) groups excluding carboxylic acids is 1. The smallest absolute Gasteiger partial charge is 0.276 e. The van der Waals surface area contributed by atoms with Gasteiger partial charge in [-0.1, -0.05) is 6.07 Å². The molecule has 1 saturated heterocycles. The van der Waals surface area contributed by atoms with Crippen molar-refractivity contribution in [2.75, 3.05) is 44.7 Å². The first-order valence-corrected chi connectivity index (χ1v) is 6.44. The van der Waals surface area contributed by atoms with Gasteiger partial charge < -0.3 is 10.2 Å². The minimum absolute atomic E-state index is 0.128. The molecule has 0 unspecified atom stereocenters. The molecule has 0 saturated carbocycles. The molecule has 18 heavy (non-hydrogen) atoms. The van der Waals surface area contributed by atoms with E-state index in [2.05, 4.69) is 40.2 Å². The predicted octanol–water partition coefficient (Wildman–Crippen LogP) is -2.04. The molecule has 2 heterocycles. The van der Waals surface area contributed by atoms with Gasteiger partial charge in [0.15, 0.2) is 6.54 Å². The second kappa shape index (κ2) is 5.82. The molecule has 1 aliphatic rings. The Labute approximate surface area is 108 Å². The van der Waals surface area contributed by atoms with E-state index in [1.807, 2.05) is 6.07 Å². The summed E-state index contributed by atoms with van der Waals surface area (Å²) in [6.45, 7) is 4.63. The Bertz CT molecular complexity index is 413. The number of pyridine rings is 1. The molecule has 1 aromatic rings. The van der Waals surface area contributed by atoms with Crippen LogP contribution in [0.5, 0.6) is 0 Å². The molecule has 1 amide bonds. The van der Waals surface area contributed by atoms with Crippen LogP contribution in [0.3, 0.4) is 0 Å². The van der Waals surface area contributed by atoms with Gasteiger partial charge in [-0.15, -0.1) is 0 Å². The zero-order valence-electron chi connectivity index (χ0n) is 11.1. The van der Waals surface area contributed by atoms with Gasteiger partial charge in [-0.3, -0.25) is 9.69 Å². The van der Waals surface area contributed by atoms with E-state index in [1.165, 1.54) is 10.7 Å². The highest BCUT2D eigenvalue weighted by Crippen LogP contribution is 2.06. The van der Waals surface area contributed by atoms with Gasteiger partial charge in [0.25, 0.3) is 11.7 Å². The van der Waals surface area contributed by atoms with Crippen molar-refractivity contribution < 1.29 is 14.3 Å². The Balaban J connectivity index is 1.91. The third-order valence-electron chi connectivity index (χ3n) is 3.51. The third kappa shape index (κ3) is 2.98. The number of carbonyl (C=O) groups is 1. The largest absolute Gasteiger partial charge is 0.354 e. The van der Waals surface area contributed by atoms with Crippen molar-refractivity contribution in [3.8, 4) is 0 Å². The molecule has 0 spiro atoms. The van der Waals surface area contributed by atoms with Crippen LogP contribution in [0.2, 0.25) is 0 Å². The number of nitrogens with one attached hydrogen (secondary N) is 2. The minimum Gasteiger partial charge on any atom is -0.354 e. The summed E-state index contributed by atoms with van der Waals surface area (Å²) in [6.07, 6.45) is 2.07. The zero-order valence-corrected chi connectivity index (χ0v) is 11.1. The Morgan fingerprint density at radius 2 is 2.17 bits per heavy atom. The summed E-state index contributed by atoms with van der Waals surface area (Å²) in [6, 6.07) is 6.25. The van der Waals surface area contributed by atoms with Gasteiger partial charge >= 0.3 is 0 Å². The SMILES string of the molecule is CNC(=O)C[NH+]1CCN(c2cccc[n+]2C)CC1. The molecule has 0 bridgehead atoms. The summed E-state index contributed by atoms with van der Waals surface area (Å²) in [5, 5.41) is 2.69. The van der Waals surface area contributed by atoms with Crippen molar-refractivity contribution in [1.29, 1.82) is 0 Å². The topological polar surface area (TPSA) is 40.7 Å². The van der Waals surface area contributed by atoms with Gasteiger partial charge in [0, 0.05) is 13.1 Å². The van der Waals surface area contributed by atoms with E-state index < -0.39 is 0 Å². The maximum Gasteiger partial charge on any atom is 0.276 e. The number of hydrogen-bond acceptors (Lipinski definition) is 2. The number of quaternary nitrogens is 1. The van der Waals surface area contributed by atoms with Gasteiger partial charge in [0.1, 0.15) is 26.2 Å². The summed E-state index contributed by atoms with van der Waals surface area (Å²) in [5.74, 6) is 1.38. The van der Waals surface area contributed by atoms with E-state index in [4.69, 9.17) is 0 Å². The minimum atomic E-state index is 0.128. The normalized spacial score (nSPS) is 16.7. The first-order valence-electron chi connectivity index (χ1n) is 6.44. The average molecular weight is 250 g/mol. The van der Waals surface area contributed by atoms with Gasteiger partial charge in [-0.05, 0) is 6.07 Å². The van der Waals surface area contributed by atoms with E-state index >= 15 is 0 Å². The van der Waals surface area contributed by atoms with Crippen LogP contribution in [-0.2, 0) is 11.8 Å². The molecule has 1 aromatic heterocycles. The summed E-state index contributed by atoms with van der Waals surface area (Å²) in [7, 11) is 3.76. The molecule has 98 valence electrons. The lowest BCUT2D eigenvalue weighted by Gasteiger charge is -2.28. The van der Waals surface area contributed by atoms with Crippen molar-refractivity contribution in [2.45, 2.75) is 0 Å². The van der Waals surface area contributed by atoms with E-state index in [0.717, 1.165) is 26.2 Å². The maximum atomic E-state index is 11.3. The molecule has 0 radical (unpaired) electrons. The van der Waals surface area contributed by atoms with Crippen molar-refractivity contribution in [3.63, 3.8) is 0 Å². The van der Waals surface area contributed by atoms with Gasteiger partial charge in [-0.25, -0.2) is 4.57 Å². The van der Waals surface area contributed by atoms with Gasteiger partial charge in [0.05, 0.1) is 13.2 Å². The fourth-order valence-corrected chi connectivity index (χ4v) is 2.39. The Morgan fingerprint density at radius 3 is 2.78 bits per heavy atom. The van der Waals surface area contributed by atoms with Crippen LogP contribution in [0.1, 0.15) is 0 Å². The average Bonchev–Trinajstić information content (AvgIpc) is 2.40. The van der Waals surface area contributed by atoms with Crippen LogP contribution >= 0.6 is 0 Å². The standard InChI is InChI=1S/C13H20N4O/c1-14-12(18)11-16-7-9-17(10-8-16)13-5-3-4-6-15(13)2/h3-6H,7-11H2,1-2H3/p+2.